The van der Waals surface area contributed by atoms with Crippen LogP contribution in [0.3, 0.4) is 0 Å². The lowest BCUT2D eigenvalue weighted by Gasteiger charge is -2.21. The molecule has 0 radical (unpaired) electrons. The van der Waals surface area contributed by atoms with E-state index in [0.29, 0.717) is 16.8 Å². The summed E-state index contributed by atoms with van der Waals surface area (Å²) >= 11 is 0. The summed E-state index contributed by atoms with van der Waals surface area (Å²) in [6.07, 6.45) is 0. The van der Waals surface area contributed by atoms with Crippen LogP contribution >= 0.6 is 0 Å². The van der Waals surface area contributed by atoms with Crippen LogP contribution in [-0.2, 0) is 0 Å². The molecular formula is C24H23N3O. The highest BCUT2D eigenvalue weighted by Crippen LogP contribution is 2.19. The molecule has 3 rings (SSSR count). The minimum Gasteiger partial charge on any atom is -0.372 e. The summed E-state index contributed by atoms with van der Waals surface area (Å²) in [6.45, 7) is 5.99. The molecule has 0 saturated heterocycles. The Balaban J connectivity index is 1.87. The monoisotopic (exact) mass is 369 g/mol. The Kier molecular flexibility index (Phi) is 6.15. The second kappa shape index (κ2) is 8.94. The van der Waals surface area contributed by atoms with Gasteiger partial charge in [0.2, 0.25) is 0 Å². The zero-order chi connectivity index (χ0) is 19.9. The van der Waals surface area contributed by atoms with Crippen LogP contribution in [0.1, 0.15) is 40.9 Å². The summed E-state index contributed by atoms with van der Waals surface area (Å²) in [7, 11) is 0. The van der Waals surface area contributed by atoms with Crippen LogP contribution in [0.25, 0.3) is 5.53 Å². The highest BCUT2D eigenvalue weighted by molar-refractivity contribution is 6.12. The SMILES string of the molecule is CCN(CC)c1cccc(C(=O)c2ccc(C(=[N+]=[N-])c3ccccc3)cc2)c1. The van der Waals surface area contributed by atoms with Crippen LogP contribution in [0.4, 0.5) is 5.69 Å². The van der Waals surface area contributed by atoms with Crippen LogP contribution in [-0.4, -0.2) is 29.4 Å². The van der Waals surface area contributed by atoms with Crippen molar-refractivity contribution in [3.63, 3.8) is 0 Å². The molecule has 0 saturated carbocycles. The van der Waals surface area contributed by atoms with Gasteiger partial charge in [-0.05, 0) is 50.2 Å². The number of hydrogen-bond acceptors (Lipinski definition) is 2. The van der Waals surface area contributed by atoms with E-state index < -0.39 is 0 Å². The van der Waals surface area contributed by atoms with Gasteiger partial charge in [-0.1, -0.05) is 42.5 Å². The van der Waals surface area contributed by atoms with Crippen LogP contribution < -0.4 is 4.90 Å². The van der Waals surface area contributed by atoms with Gasteiger partial charge in [0.25, 0.3) is 0 Å². The second-order valence-electron chi connectivity index (χ2n) is 6.44. The lowest BCUT2D eigenvalue weighted by atomic mass is 9.98. The Morgan fingerprint density at radius 1 is 0.786 bits per heavy atom. The molecule has 0 aliphatic carbocycles. The van der Waals surface area contributed by atoms with E-state index in [1.54, 1.807) is 12.1 Å². The average molecular weight is 369 g/mol. The number of carbonyl (C=O) groups is 1. The first-order valence-electron chi connectivity index (χ1n) is 9.45. The van der Waals surface area contributed by atoms with Gasteiger partial charge in [0, 0.05) is 29.9 Å². The maximum absolute atomic E-state index is 12.9. The van der Waals surface area contributed by atoms with Crippen molar-refractivity contribution in [1.29, 1.82) is 0 Å². The molecule has 140 valence electrons. The minimum absolute atomic E-state index is 0.0252. The smallest absolute Gasteiger partial charge is 0.329 e. The maximum atomic E-state index is 12.9. The van der Waals surface area contributed by atoms with Crippen molar-refractivity contribution in [2.24, 2.45) is 0 Å². The molecule has 0 bridgehead atoms. The van der Waals surface area contributed by atoms with Crippen molar-refractivity contribution in [2.75, 3.05) is 18.0 Å². The van der Waals surface area contributed by atoms with Gasteiger partial charge in [-0.25, -0.2) is 0 Å². The lowest BCUT2D eigenvalue weighted by molar-refractivity contribution is -0.00279. The zero-order valence-electron chi connectivity index (χ0n) is 16.2. The van der Waals surface area contributed by atoms with Crippen molar-refractivity contribution in [2.45, 2.75) is 13.8 Å². The number of carbonyl (C=O) groups excluding carboxylic acids is 1. The summed E-state index contributed by atoms with van der Waals surface area (Å²) in [6, 6.07) is 24.3. The first kappa shape index (κ1) is 19.3. The fourth-order valence-corrected chi connectivity index (χ4v) is 3.26. The van der Waals surface area contributed by atoms with Crippen molar-refractivity contribution < 1.29 is 9.58 Å². The minimum atomic E-state index is -0.0252. The molecule has 0 aliphatic rings. The molecule has 0 aromatic heterocycles. The topological polar surface area (TPSA) is 56.7 Å². The molecule has 4 nitrogen and oxygen atoms in total. The van der Waals surface area contributed by atoms with E-state index >= 15 is 0 Å². The van der Waals surface area contributed by atoms with Crippen molar-refractivity contribution in [3.05, 3.63) is 107 Å². The molecule has 0 amide bonds. The molecule has 0 atom stereocenters. The number of benzene rings is 3. The number of nitrogens with zero attached hydrogens (tertiary/aromatic N) is 3. The number of rotatable bonds is 7. The average Bonchev–Trinajstić information content (AvgIpc) is 2.76. The first-order chi connectivity index (χ1) is 13.7. The van der Waals surface area contributed by atoms with E-state index in [2.05, 4.69) is 23.5 Å². The largest absolute Gasteiger partial charge is 0.372 e. The summed E-state index contributed by atoms with van der Waals surface area (Å²) in [4.78, 5) is 18.6. The molecule has 0 fully saturated rings. The summed E-state index contributed by atoms with van der Waals surface area (Å²) in [5, 5.41) is 0. The van der Waals surface area contributed by atoms with Crippen LogP contribution in [0.2, 0.25) is 0 Å². The maximum Gasteiger partial charge on any atom is 0.329 e. The summed E-state index contributed by atoms with van der Waals surface area (Å²) < 4.78 is 0. The van der Waals surface area contributed by atoms with E-state index in [4.69, 9.17) is 0 Å². The molecule has 3 aromatic rings. The summed E-state index contributed by atoms with van der Waals surface area (Å²) in [5.74, 6) is -0.0252. The molecular weight excluding hydrogens is 346 g/mol. The summed E-state index contributed by atoms with van der Waals surface area (Å²) in [5.41, 5.74) is 13.8. The van der Waals surface area contributed by atoms with Gasteiger partial charge in [0.15, 0.2) is 5.78 Å². The Bertz CT molecular complexity index is 1000. The van der Waals surface area contributed by atoms with Gasteiger partial charge in [-0.3, -0.25) is 4.79 Å². The predicted octanol–water partition coefficient (Wildman–Crippen LogP) is 4.83. The number of anilines is 1. The third kappa shape index (κ3) is 4.08. The normalized spacial score (nSPS) is 10.2. The van der Waals surface area contributed by atoms with Crippen LogP contribution in [0, 0.1) is 0 Å². The van der Waals surface area contributed by atoms with Gasteiger partial charge in [-0.2, -0.15) is 4.79 Å². The molecule has 4 heteroatoms. The predicted molar refractivity (Wildman–Crippen MR) is 113 cm³/mol. The van der Waals surface area contributed by atoms with Gasteiger partial charge in [-0.15, -0.1) is 0 Å². The van der Waals surface area contributed by atoms with E-state index in [1.165, 1.54) is 0 Å². The van der Waals surface area contributed by atoms with Crippen molar-refractivity contribution in [3.8, 4) is 0 Å². The fraction of sp³-hybridized carbons (Fsp3) is 0.167. The Morgan fingerprint density at radius 3 is 1.96 bits per heavy atom. The third-order valence-electron chi connectivity index (χ3n) is 4.80. The van der Waals surface area contributed by atoms with E-state index in [0.717, 1.165) is 29.9 Å². The van der Waals surface area contributed by atoms with Gasteiger partial charge in [0.05, 0.1) is 11.1 Å². The van der Waals surface area contributed by atoms with E-state index in [-0.39, 0.29) is 5.78 Å². The molecule has 0 spiro atoms. The number of ketones is 1. The molecule has 0 heterocycles. The Labute approximate surface area is 165 Å². The van der Waals surface area contributed by atoms with Crippen molar-refractivity contribution in [1.82, 2.24) is 0 Å². The van der Waals surface area contributed by atoms with Crippen LogP contribution in [0.5, 0.6) is 0 Å². The quantitative estimate of drug-likeness (QED) is 0.259. The van der Waals surface area contributed by atoms with Gasteiger partial charge < -0.3 is 10.4 Å². The van der Waals surface area contributed by atoms with E-state index in [9.17, 15) is 10.3 Å². The van der Waals surface area contributed by atoms with Gasteiger partial charge in [0.1, 0.15) is 0 Å². The standard InChI is InChI=1S/C24H23N3O/c1-3-27(4-2)22-12-8-11-21(17-22)24(28)20-15-13-19(14-16-20)23(26-25)18-9-6-5-7-10-18/h5-17H,3-4H2,1-2H3. The third-order valence-corrected chi connectivity index (χ3v) is 4.80. The molecule has 0 unspecified atom stereocenters. The highest BCUT2D eigenvalue weighted by Gasteiger charge is 2.16. The molecule has 28 heavy (non-hydrogen) atoms. The Morgan fingerprint density at radius 2 is 1.36 bits per heavy atom. The molecule has 0 aliphatic heterocycles. The Hall–Kier alpha value is -3.49. The van der Waals surface area contributed by atoms with Crippen LogP contribution in [0.15, 0.2) is 78.9 Å². The fourth-order valence-electron chi connectivity index (χ4n) is 3.26. The second-order valence-corrected chi connectivity index (χ2v) is 6.44. The molecule has 0 N–H and O–H groups in total. The molecule has 3 aromatic carbocycles. The number of hydrogen-bond donors (Lipinski definition) is 0. The zero-order valence-corrected chi connectivity index (χ0v) is 16.2. The first-order valence-corrected chi connectivity index (χ1v) is 9.45. The lowest BCUT2D eigenvalue weighted by Crippen LogP contribution is -2.22. The van der Waals surface area contributed by atoms with Crippen molar-refractivity contribution >= 4 is 17.2 Å². The van der Waals surface area contributed by atoms with E-state index in [1.807, 2.05) is 66.7 Å². The highest BCUT2D eigenvalue weighted by atomic mass is 16.1. The van der Waals surface area contributed by atoms with Gasteiger partial charge >= 0.3 is 5.71 Å².